The molecule has 0 saturated heterocycles. The average molecular weight is 297 g/mol. The SMILES string of the molecule is CC(C)C.CC(O)(CO)c1ccc(S(N)(O)O)s1. The quantitative estimate of drug-likeness (QED) is 0.589. The van der Waals surface area contributed by atoms with Crippen LogP contribution in [-0.4, -0.2) is 25.9 Å². The summed E-state index contributed by atoms with van der Waals surface area (Å²) < 4.78 is 18.4. The zero-order valence-electron chi connectivity index (χ0n) is 11.1. The van der Waals surface area contributed by atoms with E-state index in [2.05, 4.69) is 20.8 Å². The van der Waals surface area contributed by atoms with E-state index in [0.717, 1.165) is 17.3 Å². The fourth-order valence-corrected chi connectivity index (χ4v) is 2.65. The van der Waals surface area contributed by atoms with Crippen LogP contribution in [0.5, 0.6) is 0 Å². The maximum Gasteiger partial charge on any atom is 0.128 e. The zero-order valence-corrected chi connectivity index (χ0v) is 12.8. The Morgan fingerprint density at radius 1 is 1.33 bits per heavy atom. The van der Waals surface area contributed by atoms with Crippen LogP contribution in [0.15, 0.2) is 16.3 Å². The minimum atomic E-state index is -3.22. The van der Waals surface area contributed by atoms with Crippen molar-refractivity contribution in [3.05, 3.63) is 17.0 Å². The first kappa shape index (κ1) is 17.8. The van der Waals surface area contributed by atoms with Crippen LogP contribution in [0, 0.1) is 5.92 Å². The predicted octanol–water partition coefficient (Wildman–Crippen LogP) is 2.59. The first-order valence-corrected chi connectivity index (χ1v) is 7.93. The molecule has 1 unspecified atom stereocenters. The van der Waals surface area contributed by atoms with Gasteiger partial charge < -0.3 is 10.2 Å². The standard InChI is InChI=1S/C7H13NO4S2.C4H10/c1-7(10,4-9)5-2-3-6(13-5)14(8,11)12;1-4(2)3/h2-3,9-12H,4,8H2,1H3;4H,1-3H3. The van der Waals surface area contributed by atoms with Crippen LogP contribution < -0.4 is 5.14 Å². The summed E-state index contributed by atoms with van der Waals surface area (Å²) in [6.45, 7) is 7.50. The van der Waals surface area contributed by atoms with Gasteiger partial charge in [0.2, 0.25) is 0 Å². The van der Waals surface area contributed by atoms with Crippen molar-refractivity contribution in [2.24, 2.45) is 11.1 Å². The van der Waals surface area contributed by atoms with E-state index < -0.39 is 23.0 Å². The van der Waals surface area contributed by atoms with Gasteiger partial charge in [-0.1, -0.05) is 20.8 Å². The molecule has 1 aromatic heterocycles. The van der Waals surface area contributed by atoms with Crippen molar-refractivity contribution in [2.45, 2.75) is 37.5 Å². The molecule has 0 amide bonds. The van der Waals surface area contributed by atoms with Gasteiger partial charge in [-0.3, -0.25) is 9.11 Å². The molecular weight excluding hydrogens is 274 g/mol. The lowest BCUT2D eigenvalue weighted by Gasteiger charge is -2.24. The Kier molecular flexibility index (Phi) is 6.80. The molecule has 1 aromatic rings. The summed E-state index contributed by atoms with van der Waals surface area (Å²) >= 11 is 0.973. The van der Waals surface area contributed by atoms with Gasteiger partial charge in [-0.05, 0) is 25.0 Å². The smallest absolute Gasteiger partial charge is 0.128 e. The maximum atomic E-state index is 9.64. The molecule has 0 aliphatic carbocycles. The van der Waals surface area contributed by atoms with Crippen molar-refractivity contribution in [2.75, 3.05) is 6.61 Å². The largest absolute Gasteiger partial charge is 0.393 e. The summed E-state index contributed by atoms with van der Waals surface area (Å²) in [5, 5.41) is 23.6. The molecule has 108 valence electrons. The van der Waals surface area contributed by atoms with E-state index in [9.17, 15) is 5.11 Å². The van der Waals surface area contributed by atoms with E-state index in [1.165, 1.54) is 19.1 Å². The maximum absolute atomic E-state index is 9.64. The Morgan fingerprint density at radius 2 is 1.78 bits per heavy atom. The van der Waals surface area contributed by atoms with Gasteiger partial charge in [0, 0.05) is 4.88 Å². The summed E-state index contributed by atoms with van der Waals surface area (Å²) in [6.07, 6.45) is 0. The van der Waals surface area contributed by atoms with Crippen molar-refractivity contribution < 1.29 is 19.3 Å². The third-order valence-electron chi connectivity index (χ3n) is 1.72. The molecule has 0 fully saturated rings. The van der Waals surface area contributed by atoms with Crippen LogP contribution >= 0.6 is 22.1 Å². The minimum absolute atomic E-state index is 0.196. The van der Waals surface area contributed by atoms with Gasteiger partial charge in [-0.25, -0.2) is 5.14 Å². The van der Waals surface area contributed by atoms with Crippen molar-refractivity contribution in [3.63, 3.8) is 0 Å². The summed E-state index contributed by atoms with van der Waals surface area (Å²) in [5.41, 5.74) is -1.37. The number of nitrogens with two attached hydrogens (primary N) is 1. The number of aliphatic hydroxyl groups is 2. The molecule has 0 bridgehead atoms. The lowest BCUT2D eigenvalue weighted by Crippen LogP contribution is -2.24. The highest BCUT2D eigenvalue weighted by atomic mass is 32.3. The van der Waals surface area contributed by atoms with Gasteiger partial charge in [-0.15, -0.1) is 22.1 Å². The van der Waals surface area contributed by atoms with Crippen molar-refractivity contribution >= 4 is 22.1 Å². The molecule has 1 rings (SSSR count). The molecule has 1 heterocycles. The second-order valence-electron chi connectivity index (χ2n) is 4.88. The molecule has 7 heteroatoms. The third kappa shape index (κ3) is 6.14. The number of aliphatic hydroxyl groups excluding tert-OH is 1. The Bertz CT molecular complexity index is 355. The molecule has 0 spiro atoms. The monoisotopic (exact) mass is 297 g/mol. The number of rotatable bonds is 3. The van der Waals surface area contributed by atoms with Crippen molar-refractivity contribution in [1.82, 2.24) is 0 Å². The molecular formula is C11H23NO4S2. The van der Waals surface area contributed by atoms with Crippen molar-refractivity contribution in [1.29, 1.82) is 0 Å². The average Bonchev–Trinajstić information content (AvgIpc) is 2.65. The third-order valence-corrected chi connectivity index (χ3v) is 4.56. The normalized spacial score (nSPS) is 15.9. The summed E-state index contributed by atoms with van der Waals surface area (Å²) in [6, 6.07) is 2.94. The molecule has 18 heavy (non-hydrogen) atoms. The molecule has 0 aliphatic heterocycles. The Labute approximate surface area is 114 Å². The molecule has 0 aliphatic rings. The summed E-state index contributed by atoms with van der Waals surface area (Å²) in [7, 11) is -3.22. The van der Waals surface area contributed by atoms with Gasteiger partial charge in [0.15, 0.2) is 0 Å². The van der Waals surface area contributed by atoms with Crippen LogP contribution in [0.4, 0.5) is 0 Å². The van der Waals surface area contributed by atoms with E-state index in [4.69, 9.17) is 19.4 Å². The van der Waals surface area contributed by atoms with Crippen molar-refractivity contribution in [3.8, 4) is 0 Å². The van der Waals surface area contributed by atoms with Gasteiger partial charge in [-0.2, -0.15) is 0 Å². The molecule has 0 radical (unpaired) electrons. The Balaban J connectivity index is 0.000000631. The van der Waals surface area contributed by atoms with Crippen LogP contribution in [0.25, 0.3) is 0 Å². The molecule has 0 aromatic carbocycles. The topological polar surface area (TPSA) is 107 Å². The highest BCUT2D eigenvalue weighted by molar-refractivity contribution is 8.23. The fourth-order valence-electron chi connectivity index (χ4n) is 0.849. The Hall–Kier alpha value is -0.150. The first-order chi connectivity index (χ1) is 8.00. The minimum Gasteiger partial charge on any atom is -0.393 e. The highest BCUT2D eigenvalue weighted by Crippen LogP contribution is 2.45. The summed E-state index contributed by atoms with van der Waals surface area (Å²) in [4.78, 5) is 0.445. The number of hydrogen-bond donors (Lipinski definition) is 5. The zero-order chi connectivity index (χ0) is 14.6. The van der Waals surface area contributed by atoms with E-state index in [0.29, 0.717) is 4.88 Å². The highest BCUT2D eigenvalue weighted by Gasteiger charge is 2.25. The van der Waals surface area contributed by atoms with Gasteiger partial charge in [0.05, 0.1) is 6.61 Å². The summed E-state index contributed by atoms with van der Waals surface area (Å²) in [5.74, 6) is 0.833. The fraction of sp³-hybridized carbons (Fsp3) is 0.636. The predicted molar refractivity (Wildman–Crippen MR) is 76.8 cm³/mol. The van der Waals surface area contributed by atoms with Gasteiger partial charge in [0.1, 0.15) is 9.81 Å². The van der Waals surface area contributed by atoms with Gasteiger partial charge in [0.25, 0.3) is 0 Å². The number of thiophene rings is 1. The van der Waals surface area contributed by atoms with Crippen LogP contribution in [-0.2, 0) is 5.60 Å². The van der Waals surface area contributed by atoms with E-state index in [-0.39, 0.29) is 4.21 Å². The van der Waals surface area contributed by atoms with Crippen LogP contribution in [0.3, 0.4) is 0 Å². The van der Waals surface area contributed by atoms with Crippen LogP contribution in [0.1, 0.15) is 32.6 Å². The van der Waals surface area contributed by atoms with Crippen LogP contribution in [0.2, 0.25) is 0 Å². The second-order valence-corrected chi connectivity index (χ2v) is 7.84. The lowest BCUT2D eigenvalue weighted by molar-refractivity contribution is 0.000792. The Morgan fingerprint density at radius 3 is 2.06 bits per heavy atom. The van der Waals surface area contributed by atoms with Gasteiger partial charge >= 0.3 is 0 Å². The van der Waals surface area contributed by atoms with E-state index in [1.807, 2.05) is 0 Å². The first-order valence-electron chi connectivity index (χ1n) is 5.50. The molecule has 1 atom stereocenters. The number of hydrogen-bond acceptors (Lipinski definition) is 6. The molecule has 5 nitrogen and oxygen atoms in total. The van der Waals surface area contributed by atoms with E-state index in [1.54, 1.807) is 0 Å². The molecule has 6 N–H and O–H groups in total. The lowest BCUT2D eigenvalue weighted by atomic mass is 10.1. The second kappa shape index (κ2) is 6.85. The molecule has 0 saturated carbocycles. The van der Waals surface area contributed by atoms with E-state index >= 15 is 0 Å².